The number of hydrogen-bond donors (Lipinski definition) is 2. The number of rotatable bonds is 17. The van der Waals surface area contributed by atoms with Gasteiger partial charge in [0.1, 0.15) is 17.9 Å². The van der Waals surface area contributed by atoms with E-state index in [-0.39, 0.29) is 18.6 Å². The number of aliphatic hydroxyl groups excluding tert-OH is 1. The fraction of sp³-hybridized carbons (Fsp3) is 0.212. The summed E-state index contributed by atoms with van der Waals surface area (Å²) in [6, 6.07) is 58.3. The van der Waals surface area contributed by atoms with E-state index in [0.29, 0.717) is 49.2 Å². The van der Waals surface area contributed by atoms with Crippen molar-refractivity contribution in [2.24, 2.45) is 5.92 Å². The van der Waals surface area contributed by atoms with Gasteiger partial charge in [-0.1, -0.05) is 164 Å². The second kappa shape index (κ2) is 18.8. The highest BCUT2D eigenvalue weighted by Crippen LogP contribution is 2.43. The molecule has 2 heterocycles. The summed E-state index contributed by atoms with van der Waals surface area (Å²) in [5.74, 6) is 1.05. The van der Waals surface area contributed by atoms with Crippen molar-refractivity contribution in [2.45, 2.75) is 50.0 Å². The summed E-state index contributed by atoms with van der Waals surface area (Å²) in [7, 11) is 1.66. The summed E-state index contributed by atoms with van der Waals surface area (Å²) in [6.45, 7) is 1.41. The molecule has 0 bridgehead atoms. The summed E-state index contributed by atoms with van der Waals surface area (Å²) >= 11 is 0. The van der Waals surface area contributed by atoms with Crippen molar-refractivity contribution in [1.29, 1.82) is 0 Å². The molecule has 312 valence electrons. The maximum absolute atomic E-state index is 12.3. The Balaban J connectivity index is 1.13. The van der Waals surface area contributed by atoms with E-state index in [1.54, 1.807) is 13.4 Å². The van der Waals surface area contributed by atoms with Gasteiger partial charge in [-0.25, -0.2) is 4.98 Å². The molecule has 6 aromatic carbocycles. The standard InChI is InChI=1S/C52H49N5O5/c1-59-43-29-27-42(28-30-43)52(40-23-13-5-14-24-40,41-25-15-6-16-26-41)56-51-54-49-47(50(55-51)62-34-39-21-11-4-12-22-39)53-36-57(49)45-31-46(61-33-38-19-9-3-10-20-38)44(48(45)58)35-60-32-37-17-7-2-8-18-37/h2-30,36,44-46,48,58H,31-35H2,1H3,(H,54,55,56)/t44-,45+,46+,48+/m0/s1. The quantitative estimate of drug-likeness (QED) is 0.0868. The van der Waals surface area contributed by atoms with Crippen molar-refractivity contribution in [3.8, 4) is 11.6 Å². The number of anilines is 1. The van der Waals surface area contributed by atoms with E-state index in [9.17, 15) is 5.11 Å². The van der Waals surface area contributed by atoms with E-state index in [4.69, 9.17) is 33.9 Å². The zero-order valence-electron chi connectivity index (χ0n) is 34.5. The third-order valence-electron chi connectivity index (χ3n) is 11.7. The number of hydrogen-bond acceptors (Lipinski definition) is 9. The van der Waals surface area contributed by atoms with Gasteiger partial charge in [-0.15, -0.1) is 0 Å². The second-order valence-corrected chi connectivity index (χ2v) is 15.6. The minimum absolute atomic E-state index is 0.266. The monoisotopic (exact) mass is 823 g/mol. The first-order chi connectivity index (χ1) is 30.6. The Kier molecular flexibility index (Phi) is 12.3. The van der Waals surface area contributed by atoms with Crippen molar-refractivity contribution >= 4 is 17.1 Å². The fourth-order valence-corrected chi connectivity index (χ4v) is 8.52. The van der Waals surface area contributed by atoms with Gasteiger partial charge in [0.25, 0.3) is 0 Å². The van der Waals surface area contributed by atoms with Gasteiger partial charge in [0.15, 0.2) is 11.2 Å². The van der Waals surface area contributed by atoms with E-state index in [2.05, 4.69) is 41.7 Å². The summed E-state index contributed by atoms with van der Waals surface area (Å²) in [4.78, 5) is 15.2. The number of ether oxygens (including phenoxy) is 4. The molecule has 0 unspecified atom stereocenters. The summed E-state index contributed by atoms with van der Waals surface area (Å²) in [5, 5.41) is 16.1. The van der Waals surface area contributed by atoms with Crippen LogP contribution in [0.25, 0.3) is 11.2 Å². The van der Waals surface area contributed by atoms with Crippen LogP contribution in [-0.4, -0.2) is 50.6 Å². The normalized spacial score (nSPS) is 17.5. The van der Waals surface area contributed by atoms with Gasteiger partial charge in [0, 0.05) is 5.92 Å². The van der Waals surface area contributed by atoms with Gasteiger partial charge < -0.3 is 33.9 Å². The molecule has 0 aliphatic heterocycles. The first kappa shape index (κ1) is 40.6. The first-order valence-corrected chi connectivity index (χ1v) is 21.0. The number of nitrogens with one attached hydrogen (secondary N) is 1. The van der Waals surface area contributed by atoms with Crippen LogP contribution in [0, 0.1) is 5.92 Å². The molecule has 2 N–H and O–H groups in total. The minimum Gasteiger partial charge on any atom is -0.497 e. The van der Waals surface area contributed by atoms with Crippen LogP contribution in [0.4, 0.5) is 5.95 Å². The van der Waals surface area contributed by atoms with E-state index >= 15 is 0 Å². The Labute approximate surface area is 361 Å². The Bertz CT molecular complexity index is 2590. The van der Waals surface area contributed by atoms with Crippen molar-refractivity contribution in [2.75, 3.05) is 19.0 Å². The van der Waals surface area contributed by atoms with E-state index in [0.717, 1.165) is 39.1 Å². The van der Waals surface area contributed by atoms with E-state index in [1.807, 2.05) is 144 Å². The zero-order chi connectivity index (χ0) is 42.1. The molecule has 2 aromatic heterocycles. The van der Waals surface area contributed by atoms with Crippen LogP contribution in [0.2, 0.25) is 0 Å². The molecular weight excluding hydrogens is 775 g/mol. The molecule has 1 aliphatic rings. The van der Waals surface area contributed by atoms with Crippen LogP contribution < -0.4 is 14.8 Å². The zero-order valence-corrected chi connectivity index (χ0v) is 34.5. The lowest BCUT2D eigenvalue weighted by atomic mass is 9.77. The maximum atomic E-state index is 12.3. The highest BCUT2D eigenvalue weighted by atomic mass is 16.5. The fourth-order valence-electron chi connectivity index (χ4n) is 8.52. The lowest BCUT2D eigenvalue weighted by Gasteiger charge is -2.37. The molecule has 1 fully saturated rings. The average Bonchev–Trinajstić information content (AvgIpc) is 3.90. The SMILES string of the molecule is COc1ccc(C(Nc2nc(OCc3ccccc3)c3ncn([C@@H]4C[C@@H](OCc5ccccc5)[C@H](COCc5ccccc5)[C@H]4O)c3n2)(c2ccccc2)c2ccccc2)cc1. The minimum atomic E-state index is -0.964. The lowest BCUT2D eigenvalue weighted by Crippen LogP contribution is -2.38. The molecule has 8 aromatic rings. The maximum Gasteiger partial charge on any atom is 0.247 e. The van der Waals surface area contributed by atoms with Crippen LogP contribution in [0.15, 0.2) is 182 Å². The number of fused-ring (bicyclic) bond motifs is 1. The van der Waals surface area contributed by atoms with Gasteiger partial charge in [-0.2, -0.15) is 9.97 Å². The molecule has 1 saturated carbocycles. The van der Waals surface area contributed by atoms with Gasteiger partial charge in [0.05, 0.1) is 51.5 Å². The number of benzene rings is 6. The smallest absolute Gasteiger partial charge is 0.247 e. The van der Waals surface area contributed by atoms with Crippen molar-refractivity contribution in [3.05, 3.63) is 216 Å². The van der Waals surface area contributed by atoms with Gasteiger partial charge in [0.2, 0.25) is 11.8 Å². The molecule has 4 atom stereocenters. The van der Waals surface area contributed by atoms with Crippen LogP contribution in [0.3, 0.4) is 0 Å². The summed E-state index contributed by atoms with van der Waals surface area (Å²) < 4.78 is 27.0. The summed E-state index contributed by atoms with van der Waals surface area (Å²) in [6.07, 6.45) is 1.10. The average molecular weight is 824 g/mol. The molecule has 9 rings (SSSR count). The number of aliphatic hydroxyl groups is 1. The molecule has 0 spiro atoms. The Morgan fingerprint density at radius 3 is 1.76 bits per heavy atom. The van der Waals surface area contributed by atoms with Crippen molar-refractivity contribution < 1.29 is 24.1 Å². The van der Waals surface area contributed by atoms with Crippen LogP contribution >= 0.6 is 0 Å². The molecule has 10 heteroatoms. The van der Waals surface area contributed by atoms with Crippen LogP contribution in [0.1, 0.15) is 45.8 Å². The van der Waals surface area contributed by atoms with Crippen LogP contribution in [0.5, 0.6) is 11.6 Å². The van der Waals surface area contributed by atoms with Crippen LogP contribution in [-0.2, 0) is 34.8 Å². The second-order valence-electron chi connectivity index (χ2n) is 15.6. The molecule has 10 nitrogen and oxygen atoms in total. The molecule has 1 aliphatic carbocycles. The number of methoxy groups -OCH3 is 1. The van der Waals surface area contributed by atoms with Crippen molar-refractivity contribution in [1.82, 2.24) is 19.5 Å². The Morgan fingerprint density at radius 1 is 0.645 bits per heavy atom. The summed E-state index contributed by atoms with van der Waals surface area (Å²) in [5.41, 5.74) is 6.05. The number of imidazole rings is 1. The predicted octanol–water partition coefficient (Wildman–Crippen LogP) is 9.54. The number of nitrogens with zero attached hydrogens (tertiary/aromatic N) is 4. The predicted molar refractivity (Wildman–Crippen MR) is 240 cm³/mol. The Hall–Kier alpha value is -6.85. The first-order valence-electron chi connectivity index (χ1n) is 21.0. The third-order valence-corrected chi connectivity index (χ3v) is 11.7. The van der Waals surface area contributed by atoms with E-state index < -0.39 is 17.7 Å². The molecule has 62 heavy (non-hydrogen) atoms. The molecular formula is C52H49N5O5. The lowest BCUT2D eigenvalue weighted by molar-refractivity contribution is -0.0475. The Morgan fingerprint density at radius 2 is 1.18 bits per heavy atom. The molecule has 0 saturated heterocycles. The van der Waals surface area contributed by atoms with Gasteiger partial charge in [-0.3, -0.25) is 0 Å². The molecule has 0 amide bonds. The van der Waals surface area contributed by atoms with Gasteiger partial charge in [-0.05, 0) is 51.9 Å². The third kappa shape index (κ3) is 8.67. The van der Waals surface area contributed by atoms with E-state index in [1.165, 1.54) is 0 Å². The highest BCUT2D eigenvalue weighted by molar-refractivity contribution is 5.78. The number of aromatic nitrogens is 4. The van der Waals surface area contributed by atoms with Gasteiger partial charge >= 0.3 is 0 Å². The topological polar surface area (TPSA) is 113 Å². The molecule has 0 radical (unpaired) electrons. The van der Waals surface area contributed by atoms with Crippen molar-refractivity contribution in [3.63, 3.8) is 0 Å². The highest BCUT2D eigenvalue weighted by Gasteiger charge is 2.45. The largest absolute Gasteiger partial charge is 0.497 e.